The standard InChI is InChI=1S/C9H13N3OS/c13-8(9-11-3-4-14-9)6-12-7-1-2-10-5-7/h3-4,7,10,12H,1-2,5-6H2/t7-/m1/s1. The Morgan fingerprint density at radius 3 is 3.36 bits per heavy atom. The average molecular weight is 211 g/mol. The summed E-state index contributed by atoms with van der Waals surface area (Å²) in [6, 6.07) is 0.443. The van der Waals surface area contributed by atoms with Crippen LogP contribution in [0.4, 0.5) is 0 Å². The molecule has 1 aromatic rings. The third-order valence-electron chi connectivity index (χ3n) is 2.28. The summed E-state index contributed by atoms with van der Waals surface area (Å²) in [7, 11) is 0. The first-order chi connectivity index (χ1) is 6.86. The van der Waals surface area contributed by atoms with E-state index in [1.807, 2.05) is 5.38 Å². The minimum atomic E-state index is 0.0897. The van der Waals surface area contributed by atoms with Crippen LogP contribution in [0.5, 0.6) is 0 Å². The number of Topliss-reactive ketones (excluding diaryl/α,β-unsaturated/α-hetero) is 1. The molecule has 5 heteroatoms. The first-order valence-electron chi connectivity index (χ1n) is 4.73. The van der Waals surface area contributed by atoms with Gasteiger partial charge in [-0.25, -0.2) is 4.98 Å². The van der Waals surface area contributed by atoms with Gasteiger partial charge in [0.05, 0.1) is 6.54 Å². The second-order valence-corrected chi connectivity index (χ2v) is 4.23. The van der Waals surface area contributed by atoms with E-state index in [2.05, 4.69) is 15.6 Å². The number of hydrogen-bond acceptors (Lipinski definition) is 5. The number of aromatic nitrogens is 1. The van der Waals surface area contributed by atoms with E-state index in [1.165, 1.54) is 11.3 Å². The average Bonchev–Trinajstić information content (AvgIpc) is 2.87. The van der Waals surface area contributed by atoms with Crippen LogP contribution < -0.4 is 10.6 Å². The smallest absolute Gasteiger partial charge is 0.205 e. The Balaban J connectivity index is 1.78. The molecular weight excluding hydrogens is 198 g/mol. The van der Waals surface area contributed by atoms with Crippen molar-refractivity contribution in [2.24, 2.45) is 0 Å². The fourth-order valence-electron chi connectivity index (χ4n) is 1.50. The zero-order valence-corrected chi connectivity index (χ0v) is 8.64. The number of thiazole rings is 1. The molecule has 1 fully saturated rings. The van der Waals surface area contributed by atoms with Gasteiger partial charge < -0.3 is 10.6 Å². The monoisotopic (exact) mass is 211 g/mol. The molecule has 0 amide bonds. The van der Waals surface area contributed by atoms with Gasteiger partial charge in [-0.05, 0) is 13.0 Å². The lowest BCUT2D eigenvalue weighted by Gasteiger charge is -2.08. The summed E-state index contributed by atoms with van der Waals surface area (Å²) >= 11 is 1.40. The number of nitrogens with zero attached hydrogens (tertiary/aromatic N) is 1. The van der Waals surface area contributed by atoms with Crippen LogP contribution in [0.25, 0.3) is 0 Å². The third kappa shape index (κ3) is 2.37. The minimum absolute atomic E-state index is 0.0897. The first-order valence-corrected chi connectivity index (χ1v) is 5.61. The number of carbonyl (C=O) groups is 1. The van der Waals surface area contributed by atoms with Gasteiger partial charge in [-0.2, -0.15) is 0 Å². The van der Waals surface area contributed by atoms with E-state index in [0.29, 0.717) is 17.6 Å². The number of rotatable bonds is 4. The van der Waals surface area contributed by atoms with Gasteiger partial charge in [-0.1, -0.05) is 0 Å². The molecule has 0 unspecified atom stereocenters. The number of hydrogen-bond donors (Lipinski definition) is 2. The lowest BCUT2D eigenvalue weighted by molar-refractivity contribution is 0.0987. The summed E-state index contributed by atoms with van der Waals surface area (Å²) in [5, 5.41) is 8.89. The molecule has 1 aliphatic heterocycles. The molecule has 14 heavy (non-hydrogen) atoms. The van der Waals surface area contributed by atoms with Crippen molar-refractivity contribution in [2.75, 3.05) is 19.6 Å². The van der Waals surface area contributed by atoms with Crippen molar-refractivity contribution in [1.82, 2.24) is 15.6 Å². The quantitative estimate of drug-likeness (QED) is 0.702. The van der Waals surface area contributed by atoms with E-state index in [4.69, 9.17) is 0 Å². The lowest BCUT2D eigenvalue weighted by atomic mass is 10.2. The molecule has 0 aromatic carbocycles. The number of carbonyl (C=O) groups excluding carboxylic acids is 1. The third-order valence-corrected chi connectivity index (χ3v) is 3.10. The van der Waals surface area contributed by atoms with Crippen LogP contribution in [0.1, 0.15) is 16.2 Å². The molecule has 1 saturated heterocycles. The SMILES string of the molecule is O=C(CN[C@@H]1CCNC1)c1nccs1. The molecule has 1 aliphatic rings. The molecule has 0 spiro atoms. The van der Waals surface area contributed by atoms with E-state index in [9.17, 15) is 4.79 Å². The summed E-state index contributed by atoms with van der Waals surface area (Å²) in [5.41, 5.74) is 0. The van der Waals surface area contributed by atoms with Gasteiger partial charge in [0.15, 0.2) is 5.01 Å². The van der Waals surface area contributed by atoms with Gasteiger partial charge in [0.25, 0.3) is 0 Å². The van der Waals surface area contributed by atoms with Crippen molar-refractivity contribution in [1.29, 1.82) is 0 Å². The highest BCUT2D eigenvalue weighted by atomic mass is 32.1. The van der Waals surface area contributed by atoms with Crippen molar-refractivity contribution in [3.63, 3.8) is 0 Å². The Hall–Kier alpha value is -0.780. The van der Waals surface area contributed by atoms with Crippen LogP contribution >= 0.6 is 11.3 Å². The van der Waals surface area contributed by atoms with Crippen LogP contribution in [0.2, 0.25) is 0 Å². The second-order valence-electron chi connectivity index (χ2n) is 3.33. The molecule has 2 heterocycles. The van der Waals surface area contributed by atoms with Gasteiger partial charge in [0.2, 0.25) is 5.78 Å². The molecular formula is C9H13N3OS. The fraction of sp³-hybridized carbons (Fsp3) is 0.556. The van der Waals surface area contributed by atoms with Gasteiger partial charge in [-0.3, -0.25) is 4.79 Å². The van der Waals surface area contributed by atoms with Crippen LogP contribution in [0, 0.1) is 0 Å². The number of ketones is 1. The molecule has 0 bridgehead atoms. The molecule has 0 radical (unpaired) electrons. The van der Waals surface area contributed by atoms with Gasteiger partial charge >= 0.3 is 0 Å². The topological polar surface area (TPSA) is 54.0 Å². The molecule has 76 valence electrons. The van der Waals surface area contributed by atoms with Crippen LogP contribution in [0.3, 0.4) is 0 Å². The summed E-state index contributed by atoms with van der Waals surface area (Å²) < 4.78 is 0. The molecule has 1 aromatic heterocycles. The maximum Gasteiger partial charge on any atom is 0.205 e. The predicted molar refractivity (Wildman–Crippen MR) is 55.7 cm³/mol. The lowest BCUT2D eigenvalue weighted by Crippen LogP contribution is -2.35. The van der Waals surface area contributed by atoms with Crippen LogP contribution in [-0.2, 0) is 0 Å². The zero-order chi connectivity index (χ0) is 9.80. The van der Waals surface area contributed by atoms with E-state index < -0.39 is 0 Å². The molecule has 0 saturated carbocycles. The van der Waals surface area contributed by atoms with Gasteiger partial charge in [-0.15, -0.1) is 11.3 Å². The molecule has 1 atom stereocenters. The van der Waals surface area contributed by atoms with Gasteiger partial charge in [0.1, 0.15) is 0 Å². The van der Waals surface area contributed by atoms with E-state index in [0.717, 1.165) is 19.5 Å². The highest BCUT2D eigenvalue weighted by Gasteiger charge is 2.15. The molecule has 0 aliphatic carbocycles. The number of nitrogens with one attached hydrogen (secondary N) is 2. The van der Waals surface area contributed by atoms with Crippen LogP contribution in [-0.4, -0.2) is 36.4 Å². The van der Waals surface area contributed by atoms with Crippen molar-refractivity contribution in [3.05, 3.63) is 16.6 Å². The summed E-state index contributed by atoms with van der Waals surface area (Å²) in [5.74, 6) is 0.0897. The van der Waals surface area contributed by atoms with E-state index in [-0.39, 0.29) is 5.78 Å². The second kappa shape index (κ2) is 4.63. The fourth-order valence-corrected chi connectivity index (χ4v) is 2.08. The normalized spacial score (nSPS) is 21.3. The maximum atomic E-state index is 11.5. The van der Waals surface area contributed by atoms with Crippen molar-refractivity contribution in [3.8, 4) is 0 Å². The highest BCUT2D eigenvalue weighted by Crippen LogP contribution is 2.04. The van der Waals surface area contributed by atoms with Gasteiger partial charge in [0, 0.05) is 24.2 Å². The van der Waals surface area contributed by atoms with Crippen molar-refractivity contribution in [2.45, 2.75) is 12.5 Å². The Morgan fingerprint density at radius 1 is 1.79 bits per heavy atom. The van der Waals surface area contributed by atoms with E-state index in [1.54, 1.807) is 6.20 Å². The molecule has 4 nitrogen and oxygen atoms in total. The Morgan fingerprint density at radius 2 is 2.71 bits per heavy atom. The molecule has 2 N–H and O–H groups in total. The summed E-state index contributed by atoms with van der Waals surface area (Å²) in [4.78, 5) is 15.5. The van der Waals surface area contributed by atoms with E-state index >= 15 is 0 Å². The zero-order valence-electron chi connectivity index (χ0n) is 7.82. The Labute approximate surface area is 86.7 Å². The maximum absolute atomic E-state index is 11.5. The van der Waals surface area contributed by atoms with Crippen molar-refractivity contribution >= 4 is 17.1 Å². The highest BCUT2D eigenvalue weighted by molar-refractivity contribution is 7.11. The first kappa shape index (κ1) is 9.76. The largest absolute Gasteiger partial charge is 0.315 e. The Bertz CT molecular complexity index is 293. The summed E-state index contributed by atoms with van der Waals surface area (Å²) in [6.07, 6.45) is 2.76. The summed E-state index contributed by atoms with van der Waals surface area (Å²) in [6.45, 7) is 2.41. The minimum Gasteiger partial charge on any atom is -0.315 e. The Kier molecular flexibility index (Phi) is 3.23. The molecule has 2 rings (SSSR count). The predicted octanol–water partition coefficient (Wildman–Crippen LogP) is 0.277. The van der Waals surface area contributed by atoms with Crippen LogP contribution in [0.15, 0.2) is 11.6 Å². The van der Waals surface area contributed by atoms with Crippen molar-refractivity contribution < 1.29 is 4.79 Å².